The monoisotopic (exact) mass is 206 g/mol. The fourth-order valence-electron chi connectivity index (χ4n) is 1.31. The lowest BCUT2D eigenvalue weighted by atomic mass is 10.2. The fraction of sp³-hybridized carbons (Fsp3) is 0.182. The van der Waals surface area contributed by atoms with Crippen molar-refractivity contribution in [3.05, 3.63) is 48.3 Å². The van der Waals surface area contributed by atoms with Crippen molar-refractivity contribution in [3.8, 4) is 0 Å². The highest BCUT2D eigenvalue weighted by molar-refractivity contribution is 5.37. The van der Waals surface area contributed by atoms with Crippen LogP contribution in [0.2, 0.25) is 0 Å². The van der Waals surface area contributed by atoms with Gasteiger partial charge >= 0.3 is 0 Å². The number of hydrogen-bond donors (Lipinski definition) is 1. The molecule has 1 unspecified atom stereocenters. The van der Waals surface area contributed by atoms with Gasteiger partial charge in [-0.25, -0.2) is 9.37 Å². The van der Waals surface area contributed by atoms with Crippen LogP contribution in [0.15, 0.2) is 41.1 Å². The Kier molecular flexibility index (Phi) is 2.67. The maximum absolute atomic E-state index is 13.2. The lowest BCUT2D eigenvalue weighted by Gasteiger charge is -2.11. The van der Waals surface area contributed by atoms with E-state index in [2.05, 4.69) is 10.3 Å². The van der Waals surface area contributed by atoms with Gasteiger partial charge in [0.25, 0.3) is 0 Å². The molecule has 0 bridgehead atoms. The summed E-state index contributed by atoms with van der Waals surface area (Å²) in [7, 11) is 0. The summed E-state index contributed by atoms with van der Waals surface area (Å²) in [5.41, 5.74) is 0. The van der Waals surface area contributed by atoms with Crippen molar-refractivity contribution in [2.24, 2.45) is 0 Å². The summed E-state index contributed by atoms with van der Waals surface area (Å²) < 4.78 is 18.4. The molecule has 0 aromatic carbocycles. The standard InChI is InChI=1S/C11H11FN2O/c1-8(10-5-3-7-15-10)14-11-9(12)4-2-6-13-11/h2-8H,1H3,(H,13,14). The molecule has 4 heteroatoms. The quantitative estimate of drug-likeness (QED) is 0.838. The normalized spacial score (nSPS) is 12.4. The largest absolute Gasteiger partial charge is 0.467 e. The number of rotatable bonds is 3. The topological polar surface area (TPSA) is 38.1 Å². The van der Waals surface area contributed by atoms with E-state index in [1.807, 2.05) is 13.0 Å². The Morgan fingerprint density at radius 2 is 2.27 bits per heavy atom. The molecule has 3 nitrogen and oxygen atoms in total. The van der Waals surface area contributed by atoms with Gasteiger partial charge in [-0.2, -0.15) is 0 Å². The average Bonchev–Trinajstić information content (AvgIpc) is 2.74. The van der Waals surface area contributed by atoms with Crippen molar-refractivity contribution >= 4 is 5.82 Å². The second-order valence-electron chi connectivity index (χ2n) is 3.22. The molecule has 2 heterocycles. The van der Waals surface area contributed by atoms with E-state index >= 15 is 0 Å². The highest BCUT2D eigenvalue weighted by atomic mass is 19.1. The Morgan fingerprint density at radius 3 is 2.93 bits per heavy atom. The first kappa shape index (κ1) is 9.71. The number of furan rings is 1. The summed E-state index contributed by atoms with van der Waals surface area (Å²) in [6.07, 6.45) is 3.13. The second kappa shape index (κ2) is 4.13. The number of nitrogens with one attached hydrogen (secondary N) is 1. The molecule has 0 amide bonds. The molecule has 78 valence electrons. The molecule has 0 aliphatic rings. The van der Waals surface area contributed by atoms with E-state index in [9.17, 15) is 4.39 Å². The number of hydrogen-bond acceptors (Lipinski definition) is 3. The minimum atomic E-state index is -0.365. The summed E-state index contributed by atoms with van der Waals surface area (Å²) in [5.74, 6) is 0.623. The molecule has 0 saturated carbocycles. The number of nitrogens with zero attached hydrogens (tertiary/aromatic N) is 1. The van der Waals surface area contributed by atoms with E-state index in [-0.39, 0.29) is 17.7 Å². The minimum Gasteiger partial charge on any atom is -0.467 e. The van der Waals surface area contributed by atoms with Gasteiger partial charge in [0.05, 0.1) is 12.3 Å². The van der Waals surface area contributed by atoms with Gasteiger partial charge in [0.15, 0.2) is 11.6 Å². The van der Waals surface area contributed by atoms with Crippen molar-refractivity contribution in [1.82, 2.24) is 4.98 Å². The van der Waals surface area contributed by atoms with Crippen LogP contribution in [0.3, 0.4) is 0 Å². The minimum absolute atomic E-state index is 0.107. The van der Waals surface area contributed by atoms with Crippen molar-refractivity contribution < 1.29 is 8.81 Å². The first-order chi connectivity index (χ1) is 7.27. The van der Waals surface area contributed by atoms with Crippen LogP contribution in [-0.2, 0) is 0 Å². The van der Waals surface area contributed by atoms with Crippen molar-refractivity contribution in [2.75, 3.05) is 5.32 Å². The number of anilines is 1. The van der Waals surface area contributed by atoms with Crippen LogP contribution in [0.5, 0.6) is 0 Å². The van der Waals surface area contributed by atoms with Crippen LogP contribution in [-0.4, -0.2) is 4.98 Å². The average molecular weight is 206 g/mol. The smallest absolute Gasteiger partial charge is 0.165 e. The molecular formula is C11H11FN2O. The molecule has 0 spiro atoms. The van der Waals surface area contributed by atoms with Crippen molar-refractivity contribution in [3.63, 3.8) is 0 Å². The van der Waals surface area contributed by atoms with Crippen LogP contribution >= 0.6 is 0 Å². The highest BCUT2D eigenvalue weighted by Crippen LogP contribution is 2.19. The molecule has 0 saturated heterocycles. The predicted molar refractivity (Wildman–Crippen MR) is 54.9 cm³/mol. The molecule has 2 aromatic rings. The van der Waals surface area contributed by atoms with Gasteiger partial charge in [-0.05, 0) is 31.2 Å². The van der Waals surface area contributed by atoms with Crippen molar-refractivity contribution in [1.29, 1.82) is 0 Å². The van der Waals surface area contributed by atoms with Crippen LogP contribution in [0.25, 0.3) is 0 Å². The van der Waals surface area contributed by atoms with Gasteiger partial charge in [0.1, 0.15) is 5.76 Å². The van der Waals surface area contributed by atoms with Gasteiger partial charge in [-0.15, -0.1) is 0 Å². The van der Waals surface area contributed by atoms with E-state index in [1.165, 1.54) is 6.07 Å². The molecule has 0 radical (unpaired) electrons. The lowest BCUT2D eigenvalue weighted by Crippen LogP contribution is -2.08. The van der Waals surface area contributed by atoms with Gasteiger partial charge in [0, 0.05) is 6.20 Å². The Hall–Kier alpha value is -1.84. The Labute approximate surface area is 86.9 Å². The van der Waals surface area contributed by atoms with E-state index < -0.39 is 0 Å². The zero-order valence-electron chi connectivity index (χ0n) is 8.27. The molecule has 0 aliphatic carbocycles. The maximum Gasteiger partial charge on any atom is 0.165 e. The zero-order chi connectivity index (χ0) is 10.7. The summed E-state index contributed by atoms with van der Waals surface area (Å²) in [4.78, 5) is 3.90. The van der Waals surface area contributed by atoms with Crippen LogP contribution in [0, 0.1) is 5.82 Å². The number of pyridine rings is 1. The third-order valence-electron chi connectivity index (χ3n) is 2.08. The van der Waals surface area contributed by atoms with Gasteiger partial charge in [-0.1, -0.05) is 0 Å². The molecular weight excluding hydrogens is 195 g/mol. The summed E-state index contributed by atoms with van der Waals surface area (Å²) in [6, 6.07) is 6.44. The predicted octanol–water partition coefficient (Wildman–Crippen LogP) is 2.99. The third-order valence-corrected chi connectivity index (χ3v) is 2.08. The van der Waals surface area contributed by atoms with E-state index in [0.29, 0.717) is 0 Å². The highest BCUT2D eigenvalue weighted by Gasteiger charge is 2.10. The summed E-state index contributed by atoms with van der Waals surface area (Å²) in [5, 5.41) is 2.93. The fourth-order valence-corrected chi connectivity index (χ4v) is 1.31. The van der Waals surface area contributed by atoms with Gasteiger partial charge in [-0.3, -0.25) is 0 Å². The SMILES string of the molecule is CC(Nc1ncccc1F)c1ccco1. The van der Waals surface area contributed by atoms with E-state index in [4.69, 9.17) is 4.42 Å². The Balaban J connectivity index is 2.13. The first-order valence-corrected chi connectivity index (χ1v) is 4.68. The molecule has 1 N–H and O–H groups in total. The van der Waals surface area contributed by atoms with Crippen molar-refractivity contribution in [2.45, 2.75) is 13.0 Å². The Morgan fingerprint density at radius 1 is 1.40 bits per heavy atom. The first-order valence-electron chi connectivity index (χ1n) is 4.68. The van der Waals surface area contributed by atoms with Crippen LogP contribution in [0.1, 0.15) is 18.7 Å². The van der Waals surface area contributed by atoms with Crippen LogP contribution in [0.4, 0.5) is 10.2 Å². The number of halogens is 1. The number of aromatic nitrogens is 1. The lowest BCUT2D eigenvalue weighted by molar-refractivity contribution is 0.488. The third kappa shape index (κ3) is 2.15. The molecule has 0 fully saturated rings. The molecule has 2 aromatic heterocycles. The molecule has 15 heavy (non-hydrogen) atoms. The Bertz CT molecular complexity index is 428. The molecule has 2 rings (SSSR count). The van der Waals surface area contributed by atoms with E-state index in [1.54, 1.807) is 24.6 Å². The van der Waals surface area contributed by atoms with E-state index in [0.717, 1.165) is 5.76 Å². The molecule has 0 aliphatic heterocycles. The van der Waals surface area contributed by atoms with Gasteiger partial charge in [0.2, 0.25) is 0 Å². The summed E-state index contributed by atoms with van der Waals surface area (Å²) >= 11 is 0. The zero-order valence-corrected chi connectivity index (χ0v) is 8.27. The summed E-state index contributed by atoms with van der Waals surface area (Å²) in [6.45, 7) is 1.88. The van der Waals surface area contributed by atoms with Gasteiger partial charge < -0.3 is 9.73 Å². The molecule has 1 atom stereocenters. The second-order valence-corrected chi connectivity index (χ2v) is 3.22. The maximum atomic E-state index is 13.2. The van der Waals surface area contributed by atoms with Crippen LogP contribution < -0.4 is 5.32 Å².